The summed E-state index contributed by atoms with van der Waals surface area (Å²) in [5.41, 5.74) is 6.31. The Bertz CT molecular complexity index is 1470. The van der Waals surface area contributed by atoms with Crippen LogP contribution in [0.5, 0.6) is 5.75 Å². The fourth-order valence-corrected chi connectivity index (χ4v) is 5.07. The lowest BCUT2D eigenvalue weighted by Crippen LogP contribution is -2.33. The average Bonchev–Trinajstić information content (AvgIpc) is 3.01. The van der Waals surface area contributed by atoms with Gasteiger partial charge < -0.3 is 20.3 Å². The van der Waals surface area contributed by atoms with Crippen LogP contribution in [0, 0.1) is 0 Å². The Balaban J connectivity index is 1.33. The molecule has 0 aromatic heterocycles. The zero-order valence-corrected chi connectivity index (χ0v) is 23.6. The van der Waals surface area contributed by atoms with Gasteiger partial charge in [0.25, 0.3) is 11.8 Å². The number of nitrogens with zero attached hydrogens (tertiary/aromatic N) is 1. The average molecular weight is 548 g/mol. The molecule has 0 unspecified atom stereocenters. The highest BCUT2D eigenvalue weighted by Crippen LogP contribution is 2.30. The van der Waals surface area contributed by atoms with Crippen LogP contribution < -0.4 is 20.3 Å². The van der Waals surface area contributed by atoms with Gasteiger partial charge in [0.05, 0.1) is 12.2 Å². The lowest BCUT2D eigenvalue weighted by Gasteiger charge is -2.32. The third kappa shape index (κ3) is 7.34. The standard InChI is InChI=1S/C35H37N3O3/c1-2-3-23-41-31-16-13-28(14-17-31)34(39)37-30-15-18-33(38-22-20-27-11-7-8-12-29(27)25-38)32(24-30)35(40)36-21-19-26-9-5-4-6-10-26/h4-18,24H,2-3,19-23,25H2,1H3,(H,36,40)(H,37,39). The molecule has 0 radical (unpaired) electrons. The second-order valence-electron chi connectivity index (χ2n) is 10.3. The predicted octanol–water partition coefficient (Wildman–Crippen LogP) is 6.65. The maximum Gasteiger partial charge on any atom is 0.255 e. The zero-order valence-electron chi connectivity index (χ0n) is 23.6. The number of carbonyl (C=O) groups excluding carboxylic acids is 2. The first-order valence-electron chi connectivity index (χ1n) is 14.4. The number of ether oxygens (including phenoxy) is 1. The van der Waals surface area contributed by atoms with E-state index in [0.29, 0.717) is 30.0 Å². The normalized spacial score (nSPS) is 12.4. The molecule has 0 bridgehead atoms. The molecule has 0 saturated carbocycles. The molecule has 0 spiro atoms. The molecular weight excluding hydrogens is 510 g/mol. The molecule has 1 heterocycles. The summed E-state index contributed by atoms with van der Waals surface area (Å²) in [5.74, 6) is 0.358. The number of hydrogen-bond acceptors (Lipinski definition) is 4. The van der Waals surface area contributed by atoms with Gasteiger partial charge in [0.1, 0.15) is 5.75 Å². The van der Waals surface area contributed by atoms with Gasteiger partial charge >= 0.3 is 0 Å². The number of unbranched alkanes of at least 4 members (excludes halogenated alkanes) is 1. The molecule has 2 amide bonds. The van der Waals surface area contributed by atoms with Crippen molar-refractivity contribution in [1.82, 2.24) is 5.32 Å². The van der Waals surface area contributed by atoms with Crippen LogP contribution in [0.3, 0.4) is 0 Å². The van der Waals surface area contributed by atoms with Crippen molar-refractivity contribution in [3.8, 4) is 5.75 Å². The molecule has 0 aliphatic carbocycles. The van der Waals surface area contributed by atoms with Crippen molar-refractivity contribution in [2.24, 2.45) is 0 Å². The molecular formula is C35H37N3O3. The van der Waals surface area contributed by atoms with Gasteiger partial charge in [-0.15, -0.1) is 0 Å². The van der Waals surface area contributed by atoms with Gasteiger partial charge in [-0.3, -0.25) is 9.59 Å². The Morgan fingerprint density at radius 1 is 0.854 bits per heavy atom. The summed E-state index contributed by atoms with van der Waals surface area (Å²) < 4.78 is 5.71. The highest BCUT2D eigenvalue weighted by molar-refractivity contribution is 6.06. The third-order valence-corrected chi connectivity index (χ3v) is 7.40. The van der Waals surface area contributed by atoms with Crippen molar-refractivity contribution in [1.29, 1.82) is 0 Å². The van der Waals surface area contributed by atoms with E-state index in [1.165, 1.54) is 16.7 Å². The third-order valence-electron chi connectivity index (χ3n) is 7.40. The molecule has 6 nitrogen and oxygen atoms in total. The SMILES string of the molecule is CCCCOc1ccc(C(=O)Nc2ccc(N3CCc4ccccc4C3)c(C(=O)NCCc3ccccc3)c2)cc1. The van der Waals surface area contributed by atoms with Gasteiger partial charge in [-0.1, -0.05) is 67.9 Å². The Labute approximate surface area is 242 Å². The van der Waals surface area contributed by atoms with Crippen LogP contribution in [0.15, 0.2) is 97.1 Å². The van der Waals surface area contributed by atoms with Crippen LogP contribution in [-0.2, 0) is 19.4 Å². The quantitative estimate of drug-likeness (QED) is 0.206. The van der Waals surface area contributed by atoms with Crippen LogP contribution >= 0.6 is 0 Å². The van der Waals surface area contributed by atoms with Crippen molar-refractivity contribution in [3.63, 3.8) is 0 Å². The topological polar surface area (TPSA) is 70.7 Å². The summed E-state index contributed by atoms with van der Waals surface area (Å²) in [6.45, 7) is 4.86. The molecule has 4 aromatic rings. The van der Waals surface area contributed by atoms with Crippen LogP contribution in [0.1, 0.15) is 57.2 Å². The van der Waals surface area contributed by atoms with Crippen LogP contribution in [0.25, 0.3) is 0 Å². The van der Waals surface area contributed by atoms with E-state index in [4.69, 9.17) is 4.74 Å². The number of nitrogens with one attached hydrogen (secondary N) is 2. The summed E-state index contributed by atoms with van der Waals surface area (Å²) in [6, 6.07) is 31.3. The number of hydrogen-bond donors (Lipinski definition) is 2. The fraction of sp³-hybridized carbons (Fsp3) is 0.257. The molecule has 4 aromatic carbocycles. The van der Waals surface area contributed by atoms with Gasteiger partial charge in [0.15, 0.2) is 0 Å². The molecule has 41 heavy (non-hydrogen) atoms. The number of carbonyl (C=O) groups is 2. The minimum Gasteiger partial charge on any atom is -0.494 e. The van der Waals surface area contributed by atoms with E-state index in [-0.39, 0.29) is 11.8 Å². The van der Waals surface area contributed by atoms with E-state index in [1.54, 1.807) is 18.2 Å². The van der Waals surface area contributed by atoms with Crippen molar-refractivity contribution in [2.75, 3.05) is 29.9 Å². The first-order chi connectivity index (χ1) is 20.1. The van der Waals surface area contributed by atoms with Gasteiger partial charge in [-0.2, -0.15) is 0 Å². The Hall–Kier alpha value is -4.58. The molecule has 6 heteroatoms. The summed E-state index contributed by atoms with van der Waals surface area (Å²) in [5, 5.41) is 6.07. The minimum atomic E-state index is -0.236. The first-order valence-corrected chi connectivity index (χ1v) is 14.4. The second kappa shape index (κ2) is 13.7. The van der Waals surface area contributed by atoms with Gasteiger partial charge in [-0.25, -0.2) is 0 Å². The lowest BCUT2D eigenvalue weighted by molar-refractivity contribution is 0.0953. The molecule has 0 atom stereocenters. The first kappa shape index (κ1) is 28.0. The Kier molecular flexibility index (Phi) is 9.32. The monoisotopic (exact) mass is 547 g/mol. The molecule has 1 aliphatic heterocycles. The van der Waals surface area contributed by atoms with E-state index < -0.39 is 0 Å². The lowest BCUT2D eigenvalue weighted by atomic mass is 9.98. The van der Waals surface area contributed by atoms with Crippen molar-refractivity contribution < 1.29 is 14.3 Å². The largest absolute Gasteiger partial charge is 0.494 e. The van der Waals surface area contributed by atoms with Crippen molar-refractivity contribution in [2.45, 2.75) is 39.2 Å². The van der Waals surface area contributed by atoms with Gasteiger partial charge in [0, 0.05) is 36.6 Å². The van der Waals surface area contributed by atoms with Gasteiger partial charge in [0.2, 0.25) is 0 Å². The van der Waals surface area contributed by atoms with Crippen molar-refractivity contribution >= 4 is 23.2 Å². The van der Waals surface area contributed by atoms with E-state index in [2.05, 4.69) is 58.9 Å². The molecule has 5 rings (SSSR count). The van der Waals surface area contributed by atoms with Crippen LogP contribution in [0.2, 0.25) is 0 Å². The second-order valence-corrected chi connectivity index (χ2v) is 10.3. The number of benzene rings is 4. The van der Waals surface area contributed by atoms with E-state index in [0.717, 1.165) is 50.2 Å². The van der Waals surface area contributed by atoms with E-state index in [9.17, 15) is 9.59 Å². The Morgan fingerprint density at radius 2 is 1.61 bits per heavy atom. The highest BCUT2D eigenvalue weighted by atomic mass is 16.5. The number of fused-ring (bicyclic) bond motifs is 1. The summed E-state index contributed by atoms with van der Waals surface area (Å²) >= 11 is 0. The smallest absolute Gasteiger partial charge is 0.255 e. The molecule has 0 saturated heterocycles. The number of rotatable bonds is 11. The highest BCUT2D eigenvalue weighted by Gasteiger charge is 2.22. The minimum absolute atomic E-state index is 0.153. The van der Waals surface area contributed by atoms with Gasteiger partial charge in [-0.05, 0) is 78.4 Å². The van der Waals surface area contributed by atoms with Crippen LogP contribution in [-0.4, -0.2) is 31.5 Å². The summed E-state index contributed by atoms with van der Waals surface area (Å²) in [4.78, 5) is 28.8. The number of amides is 2. The maximum atomic E-state index is 13.5. The maximum absolute atomic E-state index is 13.5. The predicted molar refractivity (Wildman–Crippen MR) is 165 cm³/mol. The van der Waals surface area contributed by atoms with E-state index >= 15 is 0 Å². The summed E-state index contributed by atoms with van der Waals surface area (Å²) in [7, 11) is 0. The Morgan fingerprint density at radius 3 is 2.39 bits per heavy atom. The number of anilines is 2. The van der Waals surface area contributed by atoms with Crippen molar-refractivity contribution in [3.05, 3.63) is 125 Å². The fourth-order valence-electron chi connectivity index (χ4n) is 5.07. The molecule has 210 valence electrons. The summed E-state index contributed by atoms with van der Waals surface area (Å²) in [6.07, 6.45) is 3.72. The van der Waals surface area contributed by atoms with Crippen LogP contribution in [0.4, 0.5) is 11.4 Å². The van der Waals surface area contributed by atoms with E-state index in [1.807, 2.05) is 42.5 Å². The zero-order chi connectivity index (χ0) is 28.4. The molecule has 2 N–H and O–H groups in total. The molecule has 0 fully saturated rings. The molecule has 1 aliphatic rings.